The lowest BCUT2D eigenvalue weighted by atomic mass is 9.96. The van der Waals surface area contributed by atoms with E-state index in [4.69, 9.17) is 0 Å². The van der Waals surface area contributed by atoms with Gasteiger partial charge in [-0.1, -0.05) is 6.07 Å². The SMILES string of the molecule is CCNc1nnc(C2CCc3cccnc32)c(C)c1C. The molecule has 0 aromatic carbocycles. The number of hydrogen-bond acceptors (Lipinski definition) is 4. The zero-order valence-electron chi connectivity index (χ0n) is 12.3. The van der Waals surface area contributed by atoms with E-state index in [9.17, 15) is 0 Å². The van der Waals surface area contributed by atoms with E-state index >= 15 is 0 Å². The summed E-state index contributed by atoms with van der Waals surface area (Å²) < 4.78 is 0. The van der Waals surface area contributed by atoms with Gasteiger partial charge in [-0.15, -0.1) is 5.10 Å². The van der Waals surface area contributed by atoms with Gasteiger partial charge in [-0.05, 0) is 56.4 Å². The molecule has 0 saturated carbocycles. The van der Waals surface area contributed by atoms with Gasteiger partial charge in [-0.2, -0.15) is 5.10 Å². The Bertz CT molecular complexity index is 636. The summed E-state index contributed by atoms with van der Waals surface area (Å²) in [5.41, 5.74) is 6.05. The Morgan fingerprint density at radius 1 is 1.20 bits per heavy atom. The third kappa shape index (κ3) is 2.05. The van der Waals surface area contributed by atoms with Crippen molar-refractivity contribution in [3.05, 3.63) is 46.4 Å². The maximum atomic E-state index is 4.56. The maximum absolute atomic E-state index is 4.56. The number of nitrogens with one attached hydrogen (secondary N) is 1. The van der Waals surface area contributed by atoms with Crippen molar-refractivity contribution in [3.63, 3.8) is 0 Å². The van der Waals surface area contributed by atoms with Crippen molar-refractivity contribution in [1.29, 1.82) is 0 Å². The Hall–Kier alpha value is -1.97. The minimum absolute atomic E-state index is 0.299. The van der Waals surface area contributed by atoms with Crippen LogP contribution in [0.25, 0.3) is 0 Å². The van der Waals surface area contributed by atoms with Gasteiger partial charge in [-0.25, -0.2) is 0 Å². The Balaban J connectivity index is 2.02. The largest absolute Gasteiger partial charge is 0.369 e. The summed E-state index contributed by atoms with van der Waals surface area (Å²) in [5.74, 6) is 1.20. The quantitative estimate of drug-likeness (QED) is 0.929. The molecule has 1 atom stereocenters. The zero-order chi connectivity index (χ0) is 14.1. The number of aromatic nitrogens is 3. The van der Waals surface area contributed by atoms with Gasteiger partial charge in [0.15, 0.2) is 5.82 Å². The predicted octanol–water partition coefficient (Wildman–Crippen LogP) is 3.00. The molecule has 0 radical (unpaired) electrons. The average Bonchev–Trinajstić information content (AvgIpc) is 2.88. The van der Waals surface area contributed by atoms with Crippen LogP contribution in [0.5, 0.6) is 0 Å². The van der Waals surface area contributed by atoms with E-state index in [0.29, 0.717) is 5.92 Å². The van der Waals surface area contributed by atoms with Crippen LogP contribution >= 0.6 is 0 Å². The molecule has 0 amide bonds. The second-order valence-corrected chi connectivity index (χ2v) is 5.35. The molecule has 1 aliphatic carbocycles. The number of anilines is 1. The average molecular weight is 268 g/mol. The summed E-state index contributed by atoms with van der Waals surface area (Å²) in [5, 5.41) is 12.1. The van der Waals surface area contributed by atoms with Gasteiger partial charge in [0.25, 0.3) is 0 Å². The van der Waals surface area contributed by atoms with E-state index in [-0.39, 0.29) is 0 Å². The summed E-state index contributed by atoms with van der Waals surface area (Å²) in [6.45, 7) is 7.19. The smallest absolute Gasteiger partial charge is 0.151 e. The number of aryl methyl sites for hydroxylation is 1. The molecule has 4 nitrogen and oxygen atoms in total. The topological polar surface area (TPSA) is 50.7 Å². The van der Waals surface area contributed by atoms with E-state index in [1.165, 1.54) is 22.4 Å². The molecule has 20 heavy (non-hydrogen) atoms. The van der Waals surface area contributed by atoms with Gasteiger partial charge in [0.1, 0.15) is 0 Å². The molecule has 0 aliphatic heterocycles. The van der Waals surface area contributed by atoms with Crippen molar-refractivity contribution in [2.75, 3.05) is 11.9 Å². The second-order valence-electron chi connectivity index (χ2n) is 5.35. The third-order valence-corrected chi connectivity index (χ3v) is 4.19. The van der Waals surface area contributed by atoms with Crippen LogP contribution < -0.4 is 5.32 Å². The fourth-order valence-corrected chi connectivity index (χ4v) is 2.97. The maximum Gasteiger partial charge on any atom is 0.151 e. The van der Waals surface area contributed by atoms with Crippen LogP contribution in [0, 0.1) is 13.8 Å². The first-order chi connectivity index (χ1) is 9.72. The summed E-state index contributed by atoms with van der Waals surface area (Å²) >= 11 is 0. The van der Waals surface area contributed by atoms with E-state index in [2.05, 4.69) is 47.3 Å². The van der Waals surface area contributed by atoms with Gasteiger partial charge in [0, 0.05) is 18.7 Å². The lowest BCUT2D eigenvalue weighted by molar-refractivity contribution is 0.716. The molecular weight excluding hydrogens is 248 g/mol. The van der Waals surface area contributed by atoms with Gasteiger partial charge >= 0.3 is 0 Å². The van der Waals surface area contributed by atoms with E-state index in [1.54, 1.807) is 0 Å². The van der Waals surface area contributed by atoms with Crippen molar-refractivity contribution >= 4 is 5.82 Å². The van der Waals surface area contributed by atoms with Crippen LogP contribution in [0.3, 0.4) is 0 Å². The number of hydrogen-bond donors (Lipinski definition) is 1. The molecular formula is C16H20N4. The van der Waals surface area contributed by atoms with Gasteiger partial charge in [-0.3, -0.25) is 4.98 Å². The van der Waals surface area contributed by atoms with Crippen LogP contribution in [0.1, 0.15) is 47.3 Å². The first-order valence-corrected chi connectivity index (χ1v) is 7.23. The van der Waals surface area contributed by atoms with Gasteiger partial charge in [0.05, 0.1) is 11.4 Å². The number of nitrogens with zero attached hydrogens (tertiary/aromatic N) is 3. The summed E-state index contributed by atoms with van der Waals surface area (Å²) in [7, 11) is 0. The third-order valence-electron chi connectivity index (χ3n) is 4.19. The minimum Gasteiger partial charge on any atom is -0.369 e. The van der Waals surface area contributed by atoms with Gasteiger partial charge in [0.2, 0.25) is 0 Å². The van der Waals surface area contributed by atoms with Crippen molar-refractivity contribution in [2.24, 2.45) is 0 Å². The highest BCUT2D eigenvalue weighted by molar-refractivity contribution is 5.50. The van der Waals surface area contributed by atoms with Crippen LogP contribution in [0.4, 0.5) is 5.82 Å². The molecule has 3 rings (SSSR count). The highest BCUT2D eigenvalue weighted by atomic mass is 15.2. The van der Waals surface area contributed by atoms with Crippen LogP contribution in [-0.2, 0) is 6.42 Å². The number of fused-ring (bicyclic) bond motifs is 1. The summed E-state index contributed by atoms with van der Waals surface area (Å²) in [6.07, 6.45) is 4.05. The van der Waals surface area contributed by atoms with Crippen molar-refractivity contribution in [1.82, 2.24) is 15.2 Å². The zero-order valence-corrected chi connectivity index (χ0v) is 12.3. The number of rotatable bonds is 3. The predicted molar refractivity (Wildman–Crippen MR) is 80.1 cm³/mol. The molecule has 2 aromatic rings. The highest BCUT2D eigenvalue weighted by Crippen LogP contribution is 2.37. The minimum atomic E-state index is 0.299. The van der Waals surface area contributed by atoms with Crippen molar-refractivity contribution < 1.29 is 0 Å². The fourth-order valence-electron chi connectivity index (χ4n) is 2.97. The first-order valence-electron chi connectivity index (χ1n) is 7.23. The standard InChI is InChI=1S/C16H20N4/c1-4-17-16-11(3)10(2)14(19-20-16)13-8-7-12-6-5-9-18-15(12)13/h5-6,9,13H,4,7-8H2,1-3H3,(H,17,20). The Kier molecular flexibility index (Phi) is 3.38. The molecule has 1 N–H and O–H groups in total. The normalized spacial score (nSPS) is 17.1. The molecule has 0 saturated heterocycles. The molecule has 0 bridgehead atoms. The lowest BCUT2D eigenvalue weighted by Gasteiger charge is -2.16. The molecule has 104 valence electrons. The highest BCUT2D eigenvalue weighted by Gasteiger charge is 2.28. The first kappa shape index (κ1) is 13.0. The van der Waals surface area contributed by atoms with E-state index < -0.39 is 0 Å². The van der Waals surface area contributed by atoms with E-state index in [1.807, 2.05) is 12.3 Å². The molecule has 0 spiro atoms. The molecule has 4 heteroatoms. The molecule has 2 aromatic heterocycles. The van der Waals surface area contributed by atoms with Crippen LogP contribution in [0.15, 0.2) is 18.3 Å². The van der Waals surface area contributed by atoms with Gasteiger partial charge < -0.3 is 5.32 Å². The van der Waals surface area contributed by atoms with Crippen LogP contribution in [0.2, 0.25) is 0 Å². The molecule has 1 unspecified atom stereocenters. The van der Waals surface area contributed by atoms with Crippen molar-refractivity contribution in [3.8, 4) is 0 Å². The Labute approximate surface area is 119 Å². The number of pyridine rings is 1. The monoisotopic (exact) mass is 268 g/mol. The van der Waals surface area contributed by atoms with Crippen LogP contribution in [-0.4, -0.2) is 21.7 Å². The molecule has 0 fully saturated rings. The summed E-state index contributed by atoms with van der Waals surface area (Å²) in [4.78, 5) is 4.56. The Morgan fingerprint density at radius 3 is 2.85 bits per heavy atom. The van der Waals surface area contributed by atoms with E-state index in [0.717, 1.165) is 30.9 Å². The lowest BCUT2D eigenvalue weighted by Crippen LogP contribution is -2.11. The fraction of sp³-hybridized carbons (Fsp3) is 0.438. The molecule has 2 heterocycles. The summed E-state index contributed by atoms with van der Waals surface area (Å²) in [6, 6.07) is 4.18. The van der Waals surface area contributed by atoms with Crippen molar-refractivity contribution in [2.45, 2.75) is 39.5 Å². The Morgan fingerprint density at radius 2 is 2.05 bits per heavy atom. The second kappa shape index (κ2) is 5.19. The molecule has 1 aliphatic rings.